The van der Waals surface area contributed by atoms with E-state index in [-0.39, 0.29) is 35.1 Å². The van der Waals surface area contributed by atoms with Crippen LogP contribution >= 0.6 is 0 Å². The fraction of sp³-hybridized carbons (Fsp3) is 0.395. The average Bonchev–Trinajstić information content (AvgIpc) is 3.03. The average molecular weight is 641 g/mol. The summed E-state index contributed by atoms with van der Waals surface area (Å²) >= 11 is 0. The zero-order valence-corrected chi connectivity index (χ0v) is 27.3. The molecule has 2 aromatic carbocycles. The number of fused-ring (bicyclic) bond motifs is 3. The Morgan fingerprint density at radius 1 is 0.936 bits per heavy atom. The molecule has 1 N–H and O–H groups in total. The summed E-state index contributed by atoms with van der Waals surface area (Å²) in [4.78, 5) is 67.6. The van der Waals surface area contributed by atoms with Crippen LogP contribution in [-0.4, -0.2) is 58.5 Å². The van der Waals surface area contributed by atoms with Gasteiger partial charge in [-0.25, -0.2) is 9.59 Å². The summed E-state index contributed by atoms with van der Waals surface area (Å²) < 4.78 is 17.8. The Kier molecular flexibility index (Phi) is 8.99. The number of hydrogen-bond donors (Lipinski definition) is 1. The predicted molar refractivity (Wildman–Crippen MR) is 173 cm³/mol. The van der Waals surface area contributed by atoms with Crippen molar-refractivity contribution >= 4 is 35.6 Å². The van der Waals surface area contributed by atoms with Crippen LogP contribution < -0.4 is 0 Å². The highest BCUT2D eigenvalue weighted by atomic mass is 16.6. The summed E-state index contributed by atoms with van der Waals surface area (Å²) in [6, 6.07) is 17.4. The molecule has 2 bridgehead atoms. The SMILES string of the molecule is C=C1C2[C@H](OC(=O)c3ccccc3)[C@]3(O)CC(=O)C(C)=C([C@@H](OC(C)=O)C(=O)[C@]2(C)CC[C@@H]1OC(=O)/C=C/c1ccccc1)C3(C)C. The number of ketones is 2. The highest BCUT2D eigenvalue weighted by molar-refractivity contribution is 6.02. The Hall–Kier alpha value is -4.63. The van der Waals surface area contributed by atoms with Crippen LogP contribution in [0.15, 0.2) is 90.0 Å². The van der Waals surface area contributed by atoms with Gasteiger partial charge in [-0.1, -0.05) is 75.9 Å². The largest absolute Gasteiger partial charge is 0.455 e. The van der Waals surface area contributed by atoms with Crippen LogP contribution in [0.3, 0.4) is 0 Å². The van der Waals surface area contributed by atoms with Crippen molar-refractivity contribution < 1.29 is 43.3 Å². The van der Waals surface area contributed by atoms with Gasteiger partial charge < -0.3 is 19.3 Å². The van der Waals surface area contributed by atoms with E-state index in [1.54, 1.807) is 64.1 Å². The van der Waals surface area contributed by atoms with Crippen LogP contribution in [0.1, 0.15) is 69.8 Å². The third kappa shape index (κ3) is 5.89. The van der Waals surface area contributed by atoms with Crippen molar-refractivity contribution in [2.75, 3.05) is 0 Å². The molecule has 5 rings (SSSR count). The molecule has 9 heteroatoms. The summed E-state index contributed by atoms with van der Waals surface area (Å²) in [7, 11) is 0. The van der Waals surface area contributed by atoms with E-state index in [1.165, 1.54) is 13.0 Å². The lowest BCUT2D eigenvalue weighted by Crippen LogP contribution is -2.69. The molecule has 0 aromatic heterocycles. The van der Waals surface area contributed by atoms with Crippen molar-refractivity contribution in [3.8, 4) is 0 Å². The Labute approximate surface area is 274 Å². The fourth-order valence-electron chi connectivity index (χ4n) is 7.57. The van der Waals surface area contributed by atoms with Gasteiger partial charge in [0.05, 0.1) is 5.56 Å². The molecule has 246 valence electrons. The first-order chi connectivity index (χ1) is 22.1. The molecule has 0 amide bonds. The van der Waals surface area contributed by atoms with E-state index in [0.29, 0.717) is 0 Å². The molecule has 0 heterocycles. The standard InChI is InChI=1S/C38H40O9/c1-22-27(40)21-38(44)34(47-35(43)26-15-11-8-12-16-26)31-23(2)28(46-29(41)18-17-25-13-9-7-10-14-25)19-20-37(31,6)33(42)32(45-24(3)39)30(22)36(38,4)5/h7-18,28,31-32,34,44H,2,19-21H2,1,3-6H3/b18-17+/t28-,31?,32+,34-,37+,38+/m0/s1. The van der Waals surface area contributed by atoms with Crippen molar-refractivity contribution in [1.29, 1.82) is 0 Å². The quantitative estimate of drug-likeness (QED) is 0.191. The molecule has 2 aromatic rings. The van der Waals surface area contributed by atoms with E-state index in [2.05, 4.69) is 6.58 Å². The molecule has 3 aliphatic carbocycles. The minimum Gasteiger partial charge on any atom is -0.455 e. The van der Waals surface area contributed by atoms with Gasteiger partial charge in [0.15, 0.2) is 17.7 Å². The topological polar surface area (TPSA) is 133 Å². The maximum Gasteiger partial charge on any atom is 0.338 e. The number of aliphatic hydroxyl groups is 1. The Morgan fingerprint density at radius 2 is 1.55 bits per heavy atom. The summed E-state index contributed by atoms with van der Waals surface area (Å²) in [6.45, 7) is 12.0. The minimum absolute atomic E-state index is 0.115. The van der Waals surface area contributed by atoms with Crippen LogP contribution in [0.2, 0.25) is 0 Å². The van der Waals surface area contributed by atoms with E-state index >= 15 is 0 Å². The van der Waals surface area contributed by atoms with E-state index in [1.807, 2.05) is 30.3 Å². The van der Waals surface area contributed by atoms with E-state index in [9.17, 15) is 29.1 Å². The van der Waals surface area contributed by atoms with Crippen LogP contribution in [0, 0.1) is 16.7 Å². The fourth-order valence-corrected chi connectivity index (χ4v) is 7.57. The molecule has 0 aliphatic heterocycles. The minimum atomic E-state index is -2.09. The zero-order valence-electron chi connectivity index (χ0n) is 27.3. The first-order valence-corrected chi connectivity index (χ1v) is 15.7. The Balaban J connectivity index is 1.64. The smallest absolute Gasteiger partial charge is 0.338 e. The third-order valence-electron chi connectivity index (χ3n) is 10.3. The molecule has 2 saturated carbocycles. The molecule has 6 atom stereocenters. The second-order valence-corrected chi connectivity index (χ2v) is 13.4. The van der Waals surface area contributed by atoms with Gasteiger partial charge >= 0.3 is 17.9 Å². The maximum absolute atomic E-state index is 14.8. The lowest BCUT2D eigenvalue weighted by molar-refractivity contribution is -0.200. The Bertz CT molecular complexity index is 1690. The van der Waals surface area contributed by atoms with Gasteiger partial charge in [-0.15, -0.1) is 0 Å². The molecule has 2 fully saturated rings. The van der Waals surface area contributed by atoms with Crippen molar-refractivity contribution in [1.82, 2.24) is 0 Å². The van der Waals surface area contributed by atoms with Crippen LogP contribution in [-0.2, 0) is 33.4 Å². The molecule has 0 radical (unpaired) electrons. The summed E-state index contributed by atoms with van der Waals surface area (Å²) in [5.74, 6) is -4.30. The molecular weight excluding hydrogens is 600 g/mol. The summed E-state index contributed by atoms with van der Waals surface area (Å²) in [5, 5.41) is 12.8. The lowest BCUT2D eigenvalue weighted by atomic mass is 9.48. The molecular formula is C38H40O9. The summed E-state index contributed by atoms with van der Waals surface area (Å²) in [6.07, 6.45) is -1.12. The van der Waals surface area contributed by atoms with Gasteiger partial charge in [0, 0.05) is 36.2 Å². The second kappa shape index (κ2) is 12.5. The molecule has 0 spiro atoms. The molecule has 1 unspecified atom stereocenters. The lowest BCUT2D eigenvalue weighted by Gasteiger charge is -2.59. The van der Waals surface area contributed by atoms with Gasteiger partial charge in [0.2, 0.25) is 0 Å². The normalized spacial score (nSPS) is 30.2. The monoisotopic (exact) mass is 640 g/mol. The van der Waals surface area contributed by atoms with Crippen LogP contribution in [0.4, 0.5) is 0 Å². The number of allylic oxidation sites excluding steroid dienone is 1. The molecule has 9 nitrogen and oxygen atoms in total. The van der Waals surface area contributed by atoms with Crippen LogP contribution in [0.5, 0.6) is 0 Å². The number of carbonyl (C=O) groups is 5. The molecule has 0 saturated heterocycles. The summed E-state index contributed by atoms with van der Waals surface area (Å²) in [5.41, 5.74) is -3.30. The Morgan fingerprint density at radius 3 is 2.17 bits per heavy atom. The number of ether oxygens (including phenoxy) is 3. The highest BCUT2D eigenvalue weighted by Gasteiger charge is 2.69. The van der Waals surface area contributed by atoms with E-state index < -0.39 is 76.6 Å². The van der Waals surface area contributed by atoms with Gasteiger partial charge in [0.1, 0.15) is 17.8 Å². The highest BCUT2D eigenvalue weighted by Crippen LogP contribution is 2.60. The number of benzene rings is 2. The molecule has 47 heavy (non-hydrogen) atoms. The van der Waals surface area contributed by atoms with Gasteiger partial charge in [-0.3, -0.25) is 14.4 Å². The number of hydrogen-bond acceptors (Lipinski definition) is 9. The predicted octanol–water partition coefficient (Wildman–Crippen LogP) is 5.37. The van der Waals surface area contributed by atoms with Gasteiger partial charge in [0.25, 0.3) is 0 Å². The van der Waals surface area contributed by atoms with Crippen molar-refractivity contribution in [3.63, 3.8) is 0 Å². The number of Topliss-reactive ketones (excluding diaryl/α,β-unsaturated/α-hetero) is 2. The van der Waals surface area contributed by atoms with Crippen molar-refractivity contribution in [2.45, 2.75) is 77.8 Å². The maximum atomic E-state index is 14.8. The number of carbonyl (C=O) groups excluding carboxylic acids is 5. The van der Waals surface area contributed by atoms with E-state index in [0.717, 1.165) is 5.56 Å². The first kappa shape index (κ1) is 33.7. The number of rotatable bonds is 6. The third-order valence-corrected chi connectivity index (χ3v) is 10.3. The zero-order chi connectivity index (χ0) is 34.3. The van der Waals surface area contributed by atoms with Crippen LogP contribution in [0.25, 0.3) is 6.08 Å². The second-order valence-electron chi connectivity index (χ2n) is 13.4. The van der Waals surface area contributed by atoms with E-state index in [4.69, 9.17) is 14.2 Å². The molecule has 3 aliphatic rings. The van der Waals surface area contributed by atoms with Crippen molar-refractivity contribution in [3.05, 3.63) is 101 Å². The van der Waals surface area contributed by atoms with Crippen molar-refractivity contribution in [2.24, 2.45) is 16.7 Å². The first-order valence-electron chi connectivity index (χ1n) is 15.7. The van der Waals surface area contributed by atoms with Gasteiger partial charge in [-0.05, 0) is 60.3 Å². The van der Waals surface area contributed by atoms with Gasteiger partial charge in [-0.2, -0.15) is 0 Å². The number of esters is 3.